The van der Waals surface area contributed by atoms with E-state index in [0.717, 1.165) is 0 Å². The zero-order valence-corrected chi connectivity index (χ0v) is 8.64. The molecule has 2 heteroatoms. The van der Waals surface area contributed by atoms with Gasteiger partial charge in [0.25, 0.3) is 0 Å². The molecule has 0 bridgehead atoms. The molecule has 0 atom stereocenters. The smallest absolute Gasteiger partial charge is 0.0270 e. The Kier molecular flexibility index (Phi) is 3.13. The molecule has 0 aromatic carbocycles. The molecular weight excluding hydrogens is 148 g/mol. The number of rotatable bonds is 1. The third-order valence-electron chi connectivity index (χ3n) is 2.74. The molecule has 0 aromatic heterocycles. The number of hydrazine groups is 1. The molecular formula is C10H22N2. The van der Waals surface area contributed by atoms with Crippen LogP contribution in [0.25, 0.3) is 0 Å². The van der Waals surface area contributed by atoms with Gasteiger partial charge >= 0.3 is 0 Å². The van der Waals surface area contributed by atoms with Gasteiger partial charge in [-0.25, -0.2) is 5.01 Å². The van der Waals surface area contributed by atoms with Crippen molar-refractivity contribution in [1.29, 1.82) is 0 Å². The number of hydrogen-bond donors (Lipinski definition) is 1. The maximum atomic E-state index is 6.06. The third kappa shape index (κ3) is 2.46. The molecule has 0 radical (unpaired) electrons. The van der Waals surface area contributed by atoms with Crippen LogP contribution in [0.2, 0.25) is 0 Å². The van der Waals surface area contributed by atoms with E-state index in [0.29, 0.717) is 6.04 Å². The normalized spacial score (nSPS) is 21.8. The lowest BCUT2D eigenvalue weighted by Crippen LogP contribution is -2.53. The van der Waals surface area contributed by atoms with Gasteiger partial charge in [0, 0.05) is 11.6 Å². The minimum Gasteiger partial charge on any atom is -0.268 e. The highest BCUT2D eigenvalue weighted by molar-refractivity contribution is 4.80. The zero-order chi connectivity index (χ0) is 9.19. The van der Waals surface area contributed by atoms with Crippen molar-refractivity contribution >= 4 is 0 Å². The maximum Gasteiger partial charge on any atom is 0.0270 e. The largest absolute Gasteiger partial charge is 0.268 e. The Morgan fingerprint density at radius 3 is 2.00 bits per heavy atom. The summed E-state index contributed by atoms with van der Waals surface area (Å²) < 4.78 is 0. The Morgan fingerprint density at radius 2 is 1.58 bits per heavy atom. The van der Waals surface area contributed by atoms with E-state index in [1.165, 1.54) is 32.1 Å². The van der Waals surface area contributed by atoms with Crippen LogP contribution in [0.4, 0.5) is 0 Å². The molecule has 0 spiro atoms. The van der Waals surface area contributed by atoms with E-state index in [9.17, 15) is 0 Å². The van der Waals surface area contributed by atoms with Gasteiger partial charge in [0.1, 0.15) is 0 Å². The van der Waals surface area contributed by atoms with Crippen molar-refractivity contribution < 1.29 is 0 Å². The average Bonchev–Trinajstić information content (AvgIpc) is 2.03. The highest BCUT2D eigenvalue weighted by Crippen LogP contribution is 2.24. The Labute approximate surface area is 76.1 Å². The number of hydrogen-bond acceptors (Lipinski definition) is 2. The fourth-order valence-corrected chi connectivity index (χ4v) is 1.91. The summed E-state index contributed by atoms with van der Waals surface area (Å²) in [6.07, 6.45) is 6.68. The molecule has 1 fully saturated rings. The van der Waals surface area contributed by atoms with E-state index in [1.807, 2.05) is 5.01 Å². The molecule has 1 rings (SSSR count). The second-order valence-electron chi connectivity index (χ2n) is 4.87. The van der Waals surface area contributed by atoms with E-state index in [-0.39, 0.29) is 5.54 Å². The Bertz CT molecular complexity index is 131. The topological polar surface area (TPSA) is 29.3 Å². The first-order valence-corrected chi connectivity index (χ1v) is 5.06. The van der Waals surface area contributed by atoms with Crippen molar-refractivity contribution in [2.24, 2.45) is 5.84 Å². The first kappa shape index (κ1) is 10.0. The standard InChI is InChI=1S/C10H22N2/c1-10(2,3)12(11)9-7-5-4-6-8-9/h9H,4-8,11H2,1-3H3. The van der Waals surface area contributed by atoms with Crippen molar-refractivity contribution in [2.75, 3.05) is 0 Å². The van der Waals surface area contributed by atoms with Crippen molar-refractivity contribution in [3.63, 3.8) is 0 Å². The molecule has 0 unspecified atom stereocenters. The van der Waals surface area contributed by atoms with Crippen LogP contribution in [0.15, 0.2) is 0 Å². The van der Waals surface area contributed by atoms with Gasteiger partial charge in [0.05, 0.1) is 0 Å². The molecule has 0 saturated heterocycles. The lowest BCUT2D eigenvalue weighted by molar-refractivity contribution is 0.0604. The third-order valence-corrected chi connectivity index (χ3v) is 2.74. The van der Waals surface area contributed by atoms with Gasteiger partial charge < -0.3 is 0 Å². The molecule has 0 heterocycles. The van der Waals surface area contributed by atoms with Crippen LogP contribution in [0.1, 0.15) is 52.9 Å². The predicted molar refractivity (Wildman–Crippen MR) is 52.7 cm³/mol. The van der Waals surface area contributed by atoms with E-state index in [4.69, 9.17) is 5.84 Å². The number of nitrogens with two attached hydrogens (primary N) is 1. The second-order valence-corrected chi connectivity index (χ2v) is 4.87. The summed E-state index contributed by atoms with van der Waals surface area (Å²) in [4.78, 5) is 0. The molecule has 1 aliphatic carbocycles. The number of nitrogens with zero attached hydrogens (tertiary/aromatic N) is 1. The van der Waals surface area contributed by atoms with E-state index in [2.05, 4.69) is 20.8 Å². The van der Waals surface area contributed by atoms with Crippen LogP contribution in [0.3, 0.4) is 0 Å². The fourth-order valence-electron chi connectivity index (χ4n) is 1.91. The summed E-state index contributed by atoms with van der Waals surface area (Å²) in [5.41, 5.74) is 0.127. The lowest BCUT2D eigenvalue weighted by Gasteiger charge is -2.39. The molecule has 12 heavy (non-hydrogen) atoms. The summed E-state index contributed by atoms with van der Waals surface area (Å²) in [5.74, 6) is 6.06. The van der Waals surface area contributed by atoms with Crippen molar-refractivity contribution in [3.8, 4) is 0 Å². The molecule has 1 saturated carbocycles. The highest BCUT2D eigenvalue weighted by atomic mass is 15.5. The Hall–Kier alpha value is -0.0800. The summed E-state index contributed by atoms with van der Waals surface area (Å²) in [7, 11) is 0. The molecule has 2 nitrogen and oxygen atoms in total. The molecule has 2 N–H and O–H groups in total. The predicted octanol–water partition coefficient (Wildman–Crippen LogP) is 2.29. The van der Waals surface area contributed by atoms with Crippen LogP contribution in [-0.4, -0.2) is 16.6 Å². The van der Waals surface area contributed by atoms with Gasteiger partial charge in [-0.15, -0.1) is 0 Å². The van der Waals surface area contributed by atoms with Crippen molar-refractivity contribution in [3.05, 3.63) is 0 Å². The van der Waals surface area contributed by atoms with Crippen molar-refractivity contribution in [1.82, 2.24) is 5.01 Å². The SMILES string of the molecule is CC(C)(C)N(N)C1CCCCC1. The van der Waals surface area contributed by atoms with Gasteiger partial charge in [-0.05, 0) is 33.6 Å². The quantitative estimate of drug-likeness (QED) is 0.483. The molecule has 0 aliphatic heterocycles. The minimum absolute atomic E-state index is 0.127. The van der Waals surface area contributed by atoms with E-state index >= 15 is 0 Å². The Morgan fingerprint density at radius 1 is 1.08 bits per heavy atom. The lowest BCUT2D eigenvalue weighted by atomic mass is 9.92. The monoisotopic (exact) mass is 170 g/mol. The molecule has 72 valence electrons. The molecule has 1 aliphatic rings. The van der Waals surface area contributed by atoms with Crippen molar-refractivity contribution in [2.45, 2.75) is 64.5 Å². The van der Waals surface area contributed by atoms with Crippen LogP contribution >= 0.6 is 0 Å². The molecule has 0 amide bonds. The zero-order valence-electron chi connectivity index (χ0n) is 8.64. The first-order chi connectivity index (χ1) is 5.52. The average molecular weight is 170 g/mol. The van der Waals surface area contributed by atoms with Gasteiger partial charge in [0.15, 0.2) is 0 Å². The Balaban J connectivity index is 2.45. The second kappa shape index (κ2) is 3.75. The summed E-state index contributed by atoms with van der Waals surface area (Å²) in [6, 6.07) is 0.624. The van der Waals surface area contributed by atoms with Gasteiger partial charge in [-0.1, -0.05) is 19.3 Å². The van der Waals surface area contributed by atoms with E-state index < -0.39 is 0 Å². The first-order valence-electron chi connectivity index (χ1n) is 5.06. The van der Waals surface area contributed by atoms with Gasteiger partial charge in [-0.3, -0.25) is 5.84 Å². The van der Waals surface area contributed by atoms with Gasteiger partial charge in [0.2, 0.25) is 0 Å². The fraction of sp³-hybridized carbons (Fsp3) is 1.00. The molecule has 0 aromatic rings. The maximum absolute atomic E-state index is 6.06. The van der Waals surface area contributed by atoms with Crippen LogP contribution in [0.5, 0.6) is 0 Å². The van der Waals surface area contributed by atoms with Crippen LogP contribution in [-0.2, 0) is 0 Å². The van der Waals surface area contributed by atoms with E-state index in [1.54, 1.807) is 0 Å². The van der Waals surface area contributed by atoms with Crippen LogP contribution in [0, 0.1) is 0 Å². The highest BCUT2D eigenvalue weighted by Gasteiger charge is 2.26. The van der Waals surface area contributed by atoms with Gasteiger partial charge in [-0.2, -0.15) is 0 Å². The summed E-state index contributed by atoms with van der Waals surface area (Å²) in [5, 5.41) is 2.05. The minimum atomic E-state index is 0.127. The van der Waals surface area contributed by atoms with Crippen LogP contribution < -0.4 is 5.84 Å². The summed E-state index contributed by atoms with van der Waals surface area (Å²) in [6.45, 7) is 6.55. The summed E-state index contributed by atoms with van der Waals surface area (Å²) >= 11 is 0.